The van der Waals surface area contributed by atoms with Crippen LogP contribution >= 0.6 is 11.3 Å². The second kappa shape index (κ2) is 5.58. The summed E-state index contributed by atoms with van der Waals surface area (Å²) >= 11 is 1.54. The number of carbonyl (C=O) groups excluding carboxylic acids is 2. The van der Waals surface area contributed by atoms with Crippen LogP contribution in [0.25, 0.3) is 0 Å². The molecule has 0 bridgehead atoms. The molecule has 2 fully saturated rings. The number of thiophene rings is 1. The molecule has 0 aliphatic carbocycles. The SMILES string of the molecule is Cc1ccc(C(=O)C2CN3C(=O)CCN3C2c2ccccc2)s1. The van der Waals surface area contributed by atoms with E-state index in [2.05, 4.69) is 17.1 Å². The molecule has 118 valence electrons. The fourth-order valence-electron chi connectivity index (χ4n) is 3.62. The Morgan fingerprint density at radius 2 is 1.96 bits per heavy atom. The number of Topliss-reactive ketones (excluding diaryl/α,β-unsaturated/α-hetero) is 1. The molecule has 1 aromatic heterocycles. The minimum Gasteiger partial charge on any atom is -0.293 e. The highest BCUT2D eigenvalue weighted by Crippen LogP contribution is 2.42. The highest BCUT2D eigenvalue weighted by Gasteiger charge is 2.49. The van der Waals surface area contributed by atoms with Gasteiger partial charge in [-0.05, 0) is 24.6 Å². The van der Waals surface area contributed by atoms with Gasteiger partial charge in [0.1, 0.15) is 0 Å². The van der Waals surface area contributed by atoms with Crippen molar-refractivity contribution < 1.29 is 9.59 Å². The molecule has 2 aliphatic rings. The quantitative estimate of drug-likeness (QED) is 0.814. The van der Waals surface area contributed by atoms with Crippen molar-refractivity contribution in [1.82, 2.24) is 10.0 Å². The van der Waals surface area contributed by atoms with Gasteiger partial charge < -0.3 is 0 Å². The molecular weight excluding hydrogens is 308 g/mol. The third kappa shape index (κ3) is 2.40. The molecule has 0 saturated carbocycles. The molecule has 2 atom stereocenters. The van der Waals surface area contributed by atoms with Crippen LogP contribution in [0.1, 0.15) is 32.6 Å². The molecule has 5 heteroatoms. The lowest BCUT2D eigenvalue weighted by Gasteiger charge is -2.26. The van der Waals surface area contributed by atoms with Crippen LogP contribution in [0.4, 0.5) is 0 Å². The van der Waals surface area contributed by atoms with E-state index >= 15 is 0 Å². The van der Waals surface area contributed by atoms with Gasteiger partial charge in [-0.15, -0.1) is 11.3 Å². The summed E-state index contributed by atoms with van der Waals surface area (Å²) in [5.74, 6) is 0.0856. The molecule has 2 aliphatic heterocycles. The third-order valence-electron chi connectivity index (χ3n) is 4.69. The molecule has 4 nitrogen and oxygen atoms in total. The maximum Gasteiger partial charge on any atom is 0.238 e. The standard InChI is InChI=1S/C18H18N2O2S/c1-12-7-8-15(23-12)18(22)14-11-20-16(21)9-10-19(20)17(14)13-5-3-2-4-6-13/h2-8,14,17H,9-11H2,1H3. The zero-order valence-electron chi connectivity index (χ0n) is 12.9. The van der Waals surface area contributed by atoms with Crippen molar-refractivity contribution in [2.75, 3.05) is 13.1 Å². The van der Waals surface area contributed by atoms with Gasteiger partial charge in [0.2, 0.25) is 5.91 Å². The van der Waals surface area contributed by atoms with Gasteiger partial charge in [-0.2, -0.15) is 0 Å². The van der Waals surface area contributed by atoms with Crippen molar-refractivity contribution in [2.45, 2.75) is 19.4 Å². The second-order valence-electron chi connectivity index (χ2n) is 6.13. The first-order chi connectivity index (χ1) is 11.1. The van der Waals surface area contributed by atoms with Gasteiger partial charge >= 0.3 is 0 Å². The molecule has 2 saturated heterocycles. The summed E-state index contributed by atoms with van der Waals surface area (Å²) in [4.78, 5) is 27.1. The zero-order valence-corrected chi connectivity index (χ0v) is 13.8. The monoisotopic (exact) mass is 326 g/mol. The van der Waals surface area contributed by atoms with Crippen LogP contribution in [0.5, 0.6) is 0 Å². The first-order valence-corrected chi connectivity index (χ1v) is 8.69. The highest BCUT2D eigenvalue weighted by molar-refractivity contribution is 7.14. The van der Waals surface area contributed by atoms with E-state index in [-0.39, 0.29) is 23.7 Å². The molecule has 3 heterocycles. The number of carbonyl (C=O) groups is 2. The van der Waals surface area contributed by atoms with Crippen LogP contribution in [0.15, 0.2) is 42.5 Å². The van der Waals surface area contributed by atoms with Crippen molar-refractivity contribution in [3.8, 4) is 0 Å². The summed E-state index contributed by atoms with van der Waals surface area (Å²) in [6.45, 7) is 3.20. The summed E-state index contributed by atoms with van der Waals surface area (Å²) in [5.41, 5.74) is 1.11. The minimum absolute atomic E-state index is 0.0439. The molecule has 4 rings (SSSR count). The van der Waals surface area contributed by atoms with E-state index in [9.17, 15) is 9.59 Å². The van der Waals surface area contributed by atoms with Crippen LogP contribution in [0, 0.1) is 12.8 Å². The summed E-state index contributed by atoms with van der Waals surface area (Å²) in [6.07, 6.45) is 0.544. The molecule has 2 aromatic rings. The molecular formula is C18H18N2O2S. The van der Waals surface area contributed by atoms with Crippen molar-refractivity contribution in [3.05, 3.63) is 57.8 Å². The number of hydrogen-bond donors (Lipinski definition) is 0. The van der Waals surface area contributed by atoms with Crippen LogP contribution in [-0.4, -0.2) is 34.8 Å². The number of nitrogens with zero attached hydrogens (tertiary/aromatic N) is 2. The summed E-state index contributed by atoms with van der Waals surface area (Å²) < 4.78 is 0. The van der Waals surface area contributed by atoms with E-state index in [1.54, 1.807) is 5.01 Å². The van der Waals surface area contributed by atoms with E-state index in [1.807, 2.05) is 37.3 Å². The smallest absolute Gasteiger partial charge is 0.238 e. The normalized spacial score (nSPS) is 24.2. The van der Waals surface area contributed by atoms with Gasteiger partial charge in [-0.25, -0.2) is 5.01 Å². The zero-order chi connectivity index (χ0) is 16.0. The average Bonchev–Trinajstić information content (AvgIpc) is 3.24. The Morgan fingerprint density at radius 3 is 2.65 bits per heavy atom. The van der Waals surface area contributed by atoms with Crippen molar-refractivity contribution in [1.29, 1.82) is 0 Å². The Morgan fingerprint density at radius 1 is 1.17 bits per heavy atom. The Kier molecular flexibility index (Phi) is 3.54. The van der Waals surface area contributed by atoms with E-state index in [1.165, 1.54) is 11.3 Å². The topological polar surface area (TPSA) is 40.6 Å². The number of amides is 1. The Labute approximate surface area is 139 Å². The van der Waals surface area contributed by atoms with Crippen LogP contribution in [-0.2, 0) is 4.79 Å². The van der Waals surface area contributed by atoms with Crippen molar-refractivity contribution >= 4 is 23.0 Å². The Bertz CT molecular complexity index is 755. The molecule has 0 radical (unpaired) electrons. The fourth-order valence-corrected chi connectivity index (χ4v) is 4.49. The number of aryl methyl sites for hydroxylation is 1. The predicted molar refractivity (Wildman–Crippen MR) is 89.1 cm³/mol. The number of hydrogen-bond acceptors (Lipinski definition) is 4. The number of rotatable bonds is 3. The lowest BCUT2D eigenvalue weighted by molar-refractivity contribution is -0.135. The molecule has 1 aromatic carbocycles. The first kappa shape index (κ1) is 14.6. The van der Waals surface area contributed by atoms with Crippen molar-refractivity contribution in [2.24, 2.45) is 5.92 Å². The summed E-state index contributed by atoms with van der Waals surface area (Å²) in [6, 6.07) is 13.9. The van der Waals surface area contributed by atoms with Crippen LogP contribution in [0.3, 0.4) is 0 Å². The summed E-state index contributed by atoms with van der Waals surface area (Å²) in [7, 11) is 0. The molecule has 23 heavy (non-hydrogen) atoms. The second-order valence-corrected chi connectivity index (χ2v) is 7.41. The number of ketones is 1. The van der Waals surface area contributed by atoms with Crippen LogP contribution in [0.2, 0.25) is 0 Å². The molecule has 0 N–H and O–H groups in total. The van der Waals surface area contributed by atoms with Crippen LogP contribution < -0.4 is 0 Å². The van der Waals surface area contributed by atoms with E-state index < -0.39 is 0 Å². The predicted octanol–water partition coefficient (Wildman–Crippen LogP) is 3.06. The number of hydrazine groups is 1. The van der Waals surface area contributed by atoms with Gasteiger partial charge in [0.15, 0.2) is 5.78 Å². The third-order valence-corrected chi connectivity index (χ3v) is 5.70. The highest BCUT2D eigenvalue weighted by atomic mass is 32.1. The van der Waals surface area contributed by atoms with Gasteiger partial charge in [-0.3, -0.25) is 14.6 Å². The average molecular weight is 326 g/mol. The molecule has 0 spiro atoms. The Balaban J connectivity index is 1.72. The van der Waals surface area contributed by atoms with E-state index in [0.29, 0.717) is 19.5 Å². The minimum atomic E-state index is -0.195. The lowest BCUT2D eigenvalue weighted by Crippen LogP contribution is -2.33. The fraction of sp³-hybridized carbons (Fsp3) is 0.333. The van der Waals surface area contributed by atoms with E-state index in [4.69, 9.17) is 0 Å². The van der Waals surface area contributed by atoms with Gasteiger partial charge in [-0.1, -0.05) is 30.3 Å². The molecule has 2 unspecified atom stereocenters. The molecule has 1 amide bonds. The maximum atomic E-state index is 13.0. The van der Waals surface area contributed by atoms with Gasteiger partial charge in [0.25, 0.3) is 0 Å². The number of fused-ring (bicyclic) bond motifs is 1. The van der Waals surface area contributed by atoms with Crippen molar-refractivity contribution in [3.63, 3.8) is 0 Å². The first-order valence-electron chi connectivity index (χ1n) is 7.87. The van der Waals surface area contributed by atoms with E-state index in [0.717, 1.165) is 15.3 Å². The largest absolute Gasteiger partial charge is 0.293 e. The summed E-state index contributed by atoms with van der Waals surface area (Å²) in [5, 5.41) is 3.86. The van der Waals surface area contributed by atoms with Gasteiger partial charge in [0, 0.05) is 24.4 Å². The Hall–Kier alpha value is -1.98. The lowest BCUT2D eigenvalue weighted by atomic mass is 9.89. The number of benzene rings is 1. The maximum absolute atomic E-state index is 13.0. The van der Waals surface area contributed by atoms with Gasteiger partial charge in [0.05, 0.1) is 16.8 Å².